The van der Waals surface area contributed by atoms with Crippen molar-refractivity contribution in [2.24, 2.45) is 29.6 Å². The molecule has 1 saturated carbocycles. The lowest BCUT2D eigenvalue weighted by molar-refractivity contribution is -0.302. The number of hydrogen-bond acceptors (Lipinski definition) is 11. The molecule has 3 N–H and O–H groups in total. The van der Waals surface area contributed by atoms with E-state index in [-0.39, 0.29) is 61.9 Å². The lowest BCUT2D eigenvalue weighted by Crippen LogP contribution is -2.64. The van der Waals surface area contributed by atoms with Crippen molar-refractivity contribution in [3.63, 3.8) is 0 Å². The minimum Gasteiger partial charge on any atom is -0.452 e. The van der Waals surface area contributed by atoms with Gasteiger partial charge in [0.05, 0.1) is 18.3 Å². The zero-order valence-corrected chi connectivity index (χ0v) is 34.6. The van der Waals surface area contributed by atoms with Gasteiger partial charge in [-0.25, -0.2) is 4.79 Å². The first kappa shape index (κ1) is 45.7. The van der Waals surface area contributed by atoms with Crippen LogP contribution in [0.5, 0.6) is 0 Å². The standard InChI is InChI=1S/C44H67NO11/c1-9-12-32-20-26(2)19-27(3)21-37(53-7)40-38(54-8)23-30(6)44(52,56-40)41(49)42(50)45-18-11-10-13-34(45)43(51)55-39(28(4)14-16-35(32)47)29(5)22-31-15-17-36(48)33(24-31)25-46/h9,14,20,22,26-27,30-31,33-34,36-40,46,48,52H,1,10-13,15-19,21,23-25H2,2-8H3/b28-14-,29-22?,32-20+/t26?,27-,30+,31-,33-,34-,36+,37-,38-,39-,40+,44+/m0/s1. The SMILES string of the molecule is C=CC/C1=C\C(C)C[C@H](C)C[C@H](OC)[C@H]2O[C@@](O)(C(=O)C(=O)N3CCCC[C@H]3C(=O)O[C@H](C(C)=C[C@@H]3CC[C@@H](O)[C@H](CO)C3)/C(C)=C\CC1=O)[C@H](C)C[C@@H]2OC. The van der Waals surface area contributed by atoms with Gasteiger partial charge in [0, 0.05) is 45.6 Å². The number of amides is 1. The van der Waals surface area contributed by atoms with Crippen molar-refractivity contribution >= 4 is 23.4 Å². The van der Waals surface area contributed by atoms with Crippen LogP contribution in [0.3, 0.4) is 0 Å². The van der Waals surface area contributed by atoms with Gasteiger partial charge in [0.1, 0.15) is 18.2 Å². The fourth-order valence-corrected chi connectivity index (χ4v) is 9.22. The molecular formula is C44H67NO11. The Bertz CT molecular complexity index is 1500. The molecule has 0 aromatic heterocycles. The third-order valence-corrected chi connectivity index (χ3v) is 12.5. The van der Waals surface area contributed by atoms with Gasteiger partial charge in [0.2, 0.25) is 5.79 Å². The summed E-state index contributed by atoms with van der Waals surface area (Å²) in [6.45, 7) is 13.3. The third kappa shape index (κ3) is 10.9. The minimum absolute atomic E-state index is 0.00951. The van der Waals surface area contributed by atoms with Crippen molar-refractivity contribution in [3.8, 4) is 0 Å². The highest BCUT2D eigenvalue weighted by Gasteiger charge is 2.56. The molecule has 3 aliphatic heterocycles. The summed E-state index contributed by atoms with van der Waals surface area (Å²) in [5, 5.41) is 32.3. The van der Waals surface area contributed by atoms with Crippen LogP contribution >= 0.6 is 0 Å². The van der Waals surface area contributed by atoms with Gasteiger partial charge in [-0.3, -0.25) is 14.4 Å². The number of esters is 1. The summed E-state index contributed by atoms with van der Waals surface area (Å²) in [5.41, 5.74) is 1.99. The van der Waals surface area contributed by atoms with E-state index in [1.54, 1.807) is 26.0 Å². The van der Waals surface area contributed by atoms with Crippen molar-refractivity contribution < 1.29 is 53.4 Å². The van der Waals surface area contributed by atoms with E-state index in [4.69, 9.17) is 18.9 Å². The second-order valence-corrected chi connectivity index (χ2v) is 16.9. The minimum atomic E-state index is -2.49. The van der Waals surface area contributed by atoms with E-state index < -0.39 is 65.9 Å². The zero-order valence-electron chi connectivity index (χ0n) is 34.6. The van der Waals surface area contributed by atoms with Crippen LogP contribution in [0.2, 0.25) is 0 Å². The summed E-state index contributed by atoms with van der Waals surface area (Å²) >= 11 is 0. The van der Waals surface area contributed by atoms with Gasteiger partial charge in [0.15, 0.2) is 5.78 Å². The number of ether oxygens (including phenoxy) is 4. The summed E-state index contributed by atoms with van der Waals surface area (Å²) < 4.78 is 24.2. The van der Waals surface area contributed by atoms with Crippen molar-refractivity contribution in [1.29, 1.82) is 0 Å². The molecular weight excluding hydrogens is 718 g/mol. The molecule has 2 saturated heterocycles. The smallest absolute Gasteiger partial charge is 0.329 e. The first-order chi connectivity index (χ1) is 26.6. The average molecular weight is 786 g/mol. The lowest BCUT2D eigenvalue weighted by atomic mass is 9.78. The van der Waals surface area contributed by atoms with E-state index in [1.807, 2.05) is 19.1 Å². The van der Waals surface area contributed by atoms with Gasteiger partial charge in [-0.1, -0.05) is 45.1 Å². The molecule has 1 aliphatic carbocycles. The number of aliphatic hydroxyl groups is 3. The number of hydrogen-bond donors (Lipinski definition) is 3. The molecule has 12 nitrogen and oxygen atoms in total. The van der Waals surface area contributed by atoms with Crippen LogP contribution < -0.4 is 0 Å². The topological polar surface area (TPSA) is 169 Å². The van der Waals surface area contributed by atoms with Gasteiger partial charge >= 0.3 is 5.97 Å². The number of rotatable bonds is 7. The molecule has 314 valence electrons. The Morgan fingerprint density at radius 3 is 2.38 bits per heavy atom. The van der Waals surface area contributed by atoms with Crippen LogP contribution in [-0.2, 0) is 38.1 Å². The van der Waals surface area contributed by atoms with Crippen LogP contribution in [0, 0.1) is 29.6 Å². The molecule has 1 amide bonds. The highest BCUT2D eigenvalue weighted by atomic mass is 16.7. The quantitative estimate of drug-likeness (QED) is 0.177. The number of carbonyl (C=O) groups excluding carboxylic acids is 4. The first-order valence-corrected chi connectivity index (χ1v) is 20.6. The summed E-state index contributed by atoms with van der Waals surface area (Å²) in [7, 11) is 3.08. The molecule has 0 radical (unpaired) electrons. The normalized spacial score (nSPS) is 39.6. The van der Waals surface area contributed by atoms with Crippen LogP contribution in [0.25, 0.3) is 0 Å². The van der Waals surface area contributed by atoms with Gasteiger partial charge in [-0.2, -0.15) is 0 Å². The van der Waals surface area contributed by atoms with Crippen molar-refractivity contribution in [2.45, 2.75) is 148 Å². The van der Waals surface area contributed by atoms with E-state index in [9.17, 15) is 34.5 Å². The maximum atomic E-state index is 14.2. The van der Waals surface area contributed by atoms with Crippen molar-refractivity contribution in [1.82, 2.24) is 4.90 Å². The van der Waals surface area contributed by atoms with E-state index in [1.165, 1.54) is 19.1 Å². The molecule has 2 bridgehead atoms. The summed E-state index contributed by atoms with van der Waals surface area (Å²) in [4.78, 5) is 57.6. The Morgan fingerprint density at radius 2 is 1.71 bits per heavy atom. The highest BCUT2D eigenvalue weighted by molar-refractivity contribution is 6.39. The Kier molecular flexibility index (Phi) is 16.8. The van der Waals surface area contributed by atoms with Crippen LogP contribution in [-0.4, -0.2) is 113 Å². The molecule has 12 heteroatoms. The Labute approximate surface area is 333 Å². The molecule has 0 spiro atoms. The number of allylic oxidation sites excluding steroid dienone is 5. The summed E-state index contributed by atoms with van der Waals surface area (Å²) in [6, 6.07) is -1.09. The number of cyclic esters (lactones) is 1. The third-order valence-electron chi connectivity index (χ3n) is 12.5. The van der Waals surface area contributed by atoms with Crippen molar-refractivity contribution in [3.05, 3.63) is 47.6 Å². The molecule has 0 aromatic rings. The molecule has 56 heavy (non-hydrogen) atoms. The zero-order chi connectivity index (χ0) is 41.3. The van der Waals surface area contributed by atoms with Gasteiger partial charge in [-0.05, 0) is 113 Å². The van der Waals surface area contributed by atoms with E-state index in [2.05, 4.69) is 20.4 Å². The number of aliphatic hydroxyl groups excluding tert-OH is 2. The van der Waals surface area contributed by atoms with E-state index in [0.29, 0.717) is 62.5 Å². The van der Waals surface area contributed by atoms with Gasteiger partial charge in [-0.15, -0.1) is 6.58 Å². The molecule has 12 atom stereocenters. The lowest BCUT2D eigenvalue weighted by Gasteiger charge is -2.47. The van der Waals surface area contributed by atoms with Crippen LogP contribution in [0.15, 0.2) is 47.6 Å². The van der Waals surface area contributed by atoms with E-state index >= 15 is 0 Å². The predicted molar refractivity (Wildman–Crippen MR) is 211 cm³/mol. The van der Waals surface area contributed by atoms with Crippen LogP contribution in [0.4, 0.5) is 0 Å². The fraction of sp³-hybridized carbons (Fsp3) is 0.727. The maximum Gasteiger partial charge on any atom is 0.329 e. The second kappa shape index (κ2) is 20.6. The number of ketones is 2. The second-order valence-electron chi connectivity index (χ2n) is 16.9. The largest absolute Gasteiger partial charge is 0.452 e. The number of Topliss-reactive ketones (excluding diaryl/α,β-unsaturated/α-hetero) is 2. The molecule has 0 aromatic carbocycles. The fourth-order valence-electron chi connectivity index (χ4n) is 9.22. The van der Waals surface area contributed by atoms with Gasteiger partial charge in [0.25, 0.3) is 11.7 Å². The monoisotopic (exact) mass is 785 g/mol. The number of fused-ring (bicyclic) bond motifs is 3. The number of methoxy groups -OCH3 is 2. The number of carbonyl (C=O) groups is 4. The molecule has 1 unspecified atom stereocenters. The Morgan fingerprint density at radius 1 is 1.02 bits per heavy atom. The maximum absolute atomic E-state index is 14.2. The Balaban J connectivity index is 1.78. The van der Waals surface area contributed by atoms with E-state index in [0.717, 1.165) is 5.57 Å². The van der Waals surface area contributed by atoms with Gasteiger partial charge < -0.3 is 39.2 Å². The van der Waals surface area contributed by atoms with Crippen molar-refractivity contribution in [2.75, 3.05) is 27.4 Å². The predicted octanol–water partition coefficient (Wildman–Crippen LogP) is 5.18. The highest BCUT2D eigenvalue weighted by Crippen LogP contribution is 2.39. The summed E-state index contributed by atoms with van der Waals surface area (Å²) in [5.74, 6) is -6.40. The van der Waals surface area contributed by atoms with Crippen LogP contribution in [0.1, 0.15) is 105 Å². The number of piperidine rings is 1. The Hall–Kier alpha value is -3.00. The molecule has 3 heterocycles. The average Bonchev–Trinajstić information content (AvgIpc) is 3.18. The molecule has 4 aliphatic rings. The number of nitrogens with zero attached hydrogens (tertiary/aromatic N) is 1. The molecule has 3 fully saturated rings. The first-order valence-electron chi connectivity index (χ1n) is 20.6. The summed E-state index contributed by atoms with van der Waals surface area (Å²) in [6.07, 6.45) is 9.13. The molecule has 4 rings (SSSR count).